The van der Waals surface area contributed by atoms with E-state index in [0.29, 0.717) is 5.56 Å². The van der Waals surface area contributed by atoms with Gasteiger partial charge in [0, 0.05) is 5.56 Å². The lowest BCUT2D eigenvalue weighted by Gasteiger charge is -2.10. The van der Waals surface area contributed by atoms with Crippen LogP contribution in [0.25, 0.3) is 0 Å². The van der Waals surface area contributed by atoms with Gasteiger partial charge < -0.3 is 15.7 Å². The highest BCUT2D eigenvalue weighted by atomic mass is 16.5. The van der Waals surface area contributed by atoms with Gasteiger partial charge in [0.2, 0.25) is 0 Å². The molecular formula is C16H18N2O2. The number of hydrogen-bond acceptors (Lipinski definition) is 3. The molecule has 2 aromatic carbocycles. The van der Waals surface area contributed by atoms with E-state index >= 15 is 0 Å². The van der Waals surface area contributed by atoms with E-state index in [4.69, 9.17) is 15.7 Å². The lowest BCUT2D eigenvalue weighted by molar-refractivity contribution is 0.318. The van der Waals surface area contributed by atoms with Crippen LogP contribution in [0.4, 0.5) is 0 Å². The van der Waals surface area contributed by atoms with Gasteiger partial charge in [-0.1, -0.05) is 11.2 Å². The van der Waals surface area contributed by atoms with Crippen molar-refractivity contribution in [1.29, 1.82) is 0 Å². The fraction of sp³-hybridized carbons (Fsp3) is 0.188. The fourth-order valence-electron chi connectivity index (χ4n) is 2.17. The van der Waals surface area contributed by atoms with Crippen molar-refractivity contribution >= 4 is 5.84 Å². The minimum absolute atomic E-state index is 0.0976. The minimum Gasteiger partial charge on any atom is -0.457 e. The van der Waals surface area contributed by atoms with Gasteiger partial charge in [-0.3, -0.25) is 0 Å². The molecule has 0 aliphatic rings. The molecule has 0 aliphatic heterocycles. The highest BCUT2D eigenvalue weighted by Gasteiger charge is 2.06. The summed E-state index contributed by atoms with van der Waals surface area (Å²) < 4.78 is 5.85. The van der Waals surface area contributed by atoms with Crippen LogP contribution in [0.15, 0.2) is 41.6 Å². The Hall–Kier alpha value is -2.49. The molecule has 20 heavy (non-hydrogen) atoms. The molecule has 0 fully saturated rings. The van der Waals surface area contributed by atoms with Crippen LogP contribution in [0.5, 0.6) is 11.5 Å². The third-order valence-electron chi connectivity index (χ3n) is 3.01. The van der Waals surface area contributed by atoms with Gasteiger partial charge in [-0.05, 0) is 67.8 Å². The maximum absolute atomic E-state index is 8.71. The van der Waals surface area contributed by atoms with E-state index in [1.807, 2.05) is 39.0 Å². The van der Waals surface area contributed by atoms with Gasteiger partial charge in [0.15, 0.2) is 5.84 Å². The second-order valence-electron chi connectivity index (χ2n) is 4.89. The summed E-state index contributed by atoms with van der Waals surface area (Å²) >= 11 is 0. The molecule has 0 radical (unpaired) electrons. The third-order valence-corrected chi connectivity index (χ3v) is 3.01. The molecule has 0 spiro atoms. The Balaban J connectivity index is 2.28. The number of oxime groups is 1. The molecule has 0 aliphatic carbocycles. The van der Waals surface area contributed by atoms with Gasteiger partial charge in [-0.2, -0.15) is 0 Å². The summed E-state index contributed by atoms with van der Waals surface area (Å²) in [6.45, 7) is 5.96. The van der Waals surface area contributed by atoms with Gasteiger partial charge in [-0.15, -0.1) is 0 Å². The molecule has 3 N–H and O–H groups in total. The third kappa shape index (κ3) is 3.09. The standard InChI is InChI=1S/C16H18N2O2/c1-10-6-11(2)8-14(7-10)20-13-4-5-15(12(3)9-13)16(17)18-19/h4-9,19H,1-3H3,(H2,17,18). The van der Waals surface area contributed by atoms with Crippen molar-refractivity contribution in [3.05, 3.63) is 58.7 Å². The molecule has 104 valence electrons. The molecule has 0 amide bonds. The number of nitrogens with two attached hydrogens (primary N) is 1. The summed E-state index contributed by atoms with van der Waals surface area (Å²) in [6, 6.07) is 11.5. The normalized spacial score (nSPS) is 11.4. The topological polar surface area (TPSA) is 67.8 Å². The van der Waals surface area contributed by atoms with E-state index in [2.05, 4.69) is 11.2 Å². The largest absolute Gasteiger partial charge is 0.457 e. The van der Waals surface area contributed by atoms with Gasteiger partial charge in [-0.25, -0.2) is 0 Å². The zero-order valence-electron chi connectivity index (χ0n) is 11.8. The summed E-state index contributed by atoms with van der Waals surface area (Å²) in [4.78, 5) is 0. The first-order valence-electron chi connectivity index (χ1n) is 6.34. The summed E-state index contributed by atoms with van der Waals surface area (Å²) in [5, 5.41) is 11.7. The Morgan fingerprint density at radius 2 is 1.65 bits per heavy atom. The summed E-state index contributed by atoms with van der Waals surface area (Å²) in [5.41, 5.74) is 9.50. The smallest absolute Gasteiger partial charge is 0.170 e. The summed E-state index contributed by atoms with van der Waals surface area (Å²) in [7, 11) is 0. The van der Waals surface area contributed by atoms with Gasteiger partial charge in [0.05, 0.1) is 0 Å². The molecule has 0 aromatic heterocycles. The number of aryl methyl sites for hydroxylation is 3. The highest BCUT2D eigenvalue weighted by molar-refractivity contribution is 5.98. The predicted octanol–water partition coefficient (Wildman–Crippen LogP) is 3.50. The first-order valence-corrected chi connectivity index (χ1v) is 6.34. The molecule has 4 nitrogen and oxygen atoms in total. The van der Waals surface area contributed by atoms with E-state index in [1.54, 1.807) is 12.1 Å². The van der Waals surface area contributed by atoms with Crippen molar-refractivity contribution in [1.82, 2.24) is 0 Å². The summed E-state index contributed by atoms with van der Waals surface area (Å²) in [6.07, 6.45) is 0. The molecular weight excluding hydrogens is 252 g/mol. The van der Waals surface area contributed by atoms with E-state index in [-0.39, 0.29) is 5.84 Å². The minimum atomic E-state index is 0.0976. The van der Waals surface area contributed by atoms with E-state index in [0.717, 1.165) is 28.2 Å². The Bertz CT molecular complexity index is 643. The Kier molecular flexibility index (Phi) is 3.94. The Morgan fingerprint density at radius 1 is 1.00 bits per heavy atom. The van der Waals surface area contributed by atoms with E-state index in [9.17, 15) is 0 Å². The lowest BCUT2D eigenvalue weighted by atomic mass is 10.1. The van der Waals surface area contributed by atoms with Gasteiger partial charge in [0.1, 0.15) is 11.5 Å². The first-order chi connectivity index (χ1) is 9.49. The number of ether oxygens (including phenoxy) is 1. The van der Waals surface area contributed by atoms with Crippen LogP contribution in [0.3, 0.4) is 0 Å². The van der Waals surface area contributed by atoms with E-state index in [1.165, 1.54) is 0 Å². The molecule has 0 unspecified atom stereocenters. The van der Waals surface area contributed by atoms with Crippen molar-refractivity contribution in [3.63, 3.8) is 0 Å². The maximum atomic E-state index is 8.71. The Morgan fingerprint density at radius 3 is 2.20 bits per heavy atom. The van der Waals surface area contributed by atoms with Gasteiger partial charge >= 0.3 is 0 Å². The molecule has 2 rings (SSSR count). The number of hydrogen-bond donors (Lipinski definition) is 2. The van der Waals surface area contributed by atoms with E-state index < -0.39 is 0 Å². The molecule has 0 atom stereocenters. The summed E-state index contributed by atoms with van der Waals surface area (Å²) in [5.74, 6) is 1.63. The van der Waals surface area contributed by atoms with Gasteiger partial charge in [0.25, 0.3) is 0 Å². The van der Waals surface area contributed by atoms with Crippen LogP contribution in [0.2, 0.25) is 0 Å². The van der Waals surface area contributed by atoms with Crippen LogP contribution in [0.1, 0.15) is 22.3 Å². The van der Waals surface area contributed by atoms with Crippen LogP contribution < -0.4 is 10.5 Å². The predicted molar refractivity (Wildman–Crippen MR) is 79.7 cm³/mol. The number of rotatable bonds is 3. The zero-order valence-corrected chi connectivity index (χ0v) is 11.8. The van der Waals surface area contributed by atoms with Crippen molar-refractivity contribution in [2.24, 2.45) is 10.9 Å². The number of benzene rings is 2. The SMILES string of the molecule is Cc1cc(C)cc(Oc2ccc(/C(N)=N/O)c(C)c2)c1. The fourth-order valence-corrected chi connectivity index (χ4v) is 2.17. The average molecular weight is 270 g/mol. The molecule has 0 bridgehead atoms. The maximum Gasteiger partial charge on any atom is 0.170 e. The molecule has 0 saturated heterocycles. The Labute approximate surface area is 118 Å². The quantitative estimate of drug-likeness (QED) is 0.388. The first kappa shape index (κ1) is 13.9. The highest BCUT2D eigenvalue weighted by Crippen LogP contribution is 2.25. The molecule has 2 aromatic rings. The second kappa shape index (κ2) is 5.65. The van der Waals surface area contributed by atoms with Crippen LogP contribution in [0, 0.1) is 20.8 Å². The van der Waals surface area contributed by atoms with Crippen LogP contribution >= 0.6 is 0 Å². The second-order valence-corrected chi connectivity index (χ2v) is 4.89. The van der Waals surface area contributed by atoms with Crippen molar-refractivity contribution in [2.45, 2.75) is 20.8 Å². The zero-order chi connectivity index (χ0) is 14.7. The average Bonchev–Trinajstić information content (AvgIpc) is 2.36. The number of nitrogens with zero attached hydrogens (tertiary/aromatic N) is 1. The molecule has 0 heterocycles. The lowest BCUT2D eigenvalue weighted by Crippen LogP contribution is -2.14. The van der Waals surface area contributed by atoms with Crippen LogP contribution in [-0.2, 0) is 0 Å². The molecule has 4 heteroatoms. The molecule has 0 saturated carbocycles. The van der Waals surface area contributed by atoms with Crippen molar-refractivity contribution < 1.29 is 9.94 Å². The van der Waals surface area contributed by atoms with Crippen molar-refractivity contribution in [3.8, 4) is 11.5 Å². The van der Waals surface area contributed by atoms with Crippen molar-refractivity contribution in [2.75, 3.05) is 0 Å². The van der Waals surface area contributed by atoms with Crippen LogP contribution in [-0.4, -0.2) is 11.0 Å². The monoisotopic (exact) mass is 270 g/mol. The number of amidine groups is 1.